The minimum absolute atomic E-state index is 0.0507. The van der Waals surface area contributed by atoms with Crippen LogP contribution in [0.1, 0.15) is 30.7 Å². The second-order valence-electron chi connectivity index (χ2n) is 5.60. The molecule has 1 N–H and O–H groups in total. The van der Waals surface area contributed by atoms with E-state index in [9.17, 15) is 0 Å². The number of nitrogens with one attached hydrogen (secondary N) is 1. The molecule has 1 aliphatic carbocycles. The lowest BCUT2D eigenvalue weighted by Crippen LogP contribution is -2.35. The van der Waals surface area contributed by atoms with Crippen molar-refractivity contribution >= 4 is 0 Å². The van der Waals surface area contributed by atoms with Crippen molar-refractivity contribution in [3.63, 3.8) is 0 Å². The largest absolute Gasteiger partial charge is 0.367 e. The van der Waals surface area contributed by atoms with Crippen LogP contribution in [0.2, 0.25) is 0 Å². The first-order valence-corrected chi connectivity index (χ1v) is 7.06. The third-order valence-electron chi connectivity index (χ3n) is 4.00. The van der Waals surface area contributed by atoms with Crippen LogP contribution in [0.5, 0.6) is 0 Å². The quantitative estimate of drug-likeness (QED) is 0.842. The van der Waals surface area contributed by atoms with E-state index in [1.54, 1.807) is 0 Å². The highest BCUT2D eigenvalue weighted by Crippen LogP contribution is 2.33. The average Bonchev–Trinajstić information content (AvgIpc) is 3.15. The van der Waals surface area contributed by atoms with E-state index in [4.69, 9.17) is 9.26 Å². The maximum absolute atomic E-state index is 5.70. The Morgan fingerprint density at radius 2 is 2.32 bits per heavy atom. The van der Waals surface area contributed by atoms with E-state index in [2.05, 4.69) is 27.4 Å². The minimum Gasteiger partial charge on any atom is -0.367 e. The Morgan fingerprint density at radius 3 is 3.00 bits per heavy atom. The van der Waals surface area contributed by atoms with Gasteiger partial charge in [0.1, 0.15) is 6.10 Å². The van der Waals surface area contributed by atoms with Crippen LogP contribution in [0, 0.1) is 5.92 Å². The smallest absolute Gasteiger partial charge is 0.228 e. The minimum atomic E-state index is -0.0507. The van der Waals surface area contributed by atoms with Gasteiger partial charge in [0.25, 0.3) is 0 Å². The van der Waals surface area contributed by atoms with Gasteiger partial charge in [0.05, 0.1) is 6.61 Å². The van der Waals surface area contributed by atoms with Gasteiger partial charge in [0.15, 0.2) is 0 Å². The monoisotopic (exact) mass is 266 g/mol. The molecule has 2 heterocycles. The van der Waals surface area contributed by atoms with E-state index in [0.29, 0.717) is 11.9 Å². The van der Waals surface area contributed by atoms with E-state index in [1.807, 2.05) is 7.05 Å². The van der Waals surface area contributed by atoms with E-state index in [1.165, 1.54) is 12.8 Å². The lowest BCUT2D eigenvalue weighted by Gasteiger charge is -2.27. The van der Waals surface area contributed by atoms with E-state index in [0.717, 1.165) is 37.9 Å². The number of rotatable bonds is 5. The Hall–Kier alpha value is -0.980. The molecule has 1 saturated carbocycles. The summed E-state index contributed by atoms with van der Waals surface area (Å²) in [4.78, 5) is 6.72. The normalized spacial score (nSPS) is 26.5. The standard InChI is InChI=1S/C13H22N4O2/c1-14-10(9-3-4-9)7-12-15-13(16-19-12)11-8-17(2)5-6-18-11/h9-11,14H,3-8H2,1-2H3. The molecule has 6 nitrogen and oxygen atoms in total. The summed E-state index contributed by atoms with van der Waals surface area (Å²) < 4.78 is 11.1. The van der Waals surface area contributed by atoms with Crippen molar-refractivity contribution < 1.29 is 9.26 Å². The zero-order valence-corrected chi connectivity index (χ0v) is 11.6. The van der Waals surface area contributed by atoms with E-state index < -0.39 is 0 Å². The average molecular weight is 266 g/mol. The number of likely N-dealkylation sites (N-methyl/N-ethyl adjacent to an activating group) is 2. The summed E-state index contributed by atoms with van der Waals surface area (Å²) in [5.41, 5.74) is 0. The molecule has 0 bridgehead atoms. The number of hydrogen-bond donors (Lipinski definition) is 1. The molecular weight excluding hydrogens is 244 g/mol. The molecule has 2 aliphatic rings. The highest BCUT2D eigenvalue weighted by atomic mass is 16.5. The Balaban J connectivity index is 1.62. The number of hydrogen-bond acceptors (Lipinski definition) is 6. The van der Waals surface area contributed by atoms with E-state index >= 15 is 0 Å². The lowest BCUT2D eigenvalue weighted by molar-refractivity contribution is -0.0264. The van der Waals surface area contributed by atoms with Crippen LogP contribution in [-0.4, -0.2) is 54.9 Å². The maximum Gasteiger partial charge on any atom is 0.228 e. The van der Waals surface area contributed by atoms with E-state index in [-0.39, 0.29) is 6.10 Å². The Kier molecular flexibility index (Phi) is 3.81. The topological polar surface area (TPSA) is 63.4 Å². The third kappa shape index (κ3) is 3.13. The number of morpholine rings is 1. The Labute approximate surface area is 113 Å². The number of aromatic nitrogens is 2. The Morgan fingerprint density at radius 1 is 1.47 bits per heavy atom. The Bertz CT molecular complexity index is 419. The molecule has 2 fully saturated rings. The summed E-state index contributed by atoms with van der Waals surface area (Å²) in [6.07, 6.45) is 3.38. The number of ether oxygens (including phenoxy) is 1. The summed E-state index contributed by atoms with van der Waals surface area (Å²) in [6.45, 7) is 2.52. The molecule has 0 radical (unpaired) electrons. The van der Waals surface area contributed by atoms with Crippen molar-refractivity contribution in [2.75, 3.05) is 33.8 Å². The molecule has 1 aromatic heterocycles. The van der Waals surface area contributed by atoms with Crippen molar-refractivity contribution in [3.8, 4) is 0 Å². The van der Waals surface area contributed by atoms with Gasteiger partial charge in [-0.3, -0.25) is 0 Å². The zero-order chi connectivity index (χ0) is 13.2. The summed E-state index contributed by atoms with van der Waals surface area (Å²) in [5.74, 6) is 2.18. The van der Waals surface area contributed by atoms with Gasteiger partial charge in [-0.25, -0.2) is 0 Å². The van der Waals surface area contributed by atoms with Crippen molar-refractivity contribution in [2.45, 2.75) is 31.4 Å². The molecule has 0 aromatic carbocycles. The molecular formula is C13H22N4O2. The fraction of sp³-hybridized carbons (Fsp3) is 0.846. The van der Waals surface area contributed by atoms with Crippen LogP contribution >= 0.6 is 0 Å². The van der Waals surface area contributed by atoms with Gasteiger partial charge in [-0.15, -0.1) is 0 Å². The summed E-state index contributed by atoms with van der Waals surface area (Å²) in [5, 5.41) is 7.42. The van der Waals surface area contributed by atoms with Crippen LogP contribution in [-0.2, 0) is 11.2 Å². The van der Waals surface area contributed by atoms with Crippen molar-refractivity contribution in [1.82, 2.24) is 20.4 Å². The first kappa shape index (κ1) is 13.0. The summed E-state index contributed by atoms with van der Waals surface area (Å²) in [6, 6.07) is 0.461. The zero-order valence-electron chi connectivity index (χ0n) is 11.6. The fourth-order valence-corrected chi connectivity index (χ4v) is 2.61. The first-order valence-electron chi connectivity index (χ1n) is 7.06. The molecule has 6 heteroatoms. The summed E-state index contributed by atoms with van der Waals surface area (Å²) in [7, 11) is 4.08. The van der Waals surface area contributed by atoms with Crippen LogP contribution in [0.4, 0.5) is 0 Å². The second-order valence-corrected chi connectivity index (χ2v) is 5.60. The van der Waals surface area contributed by atoms with Gasteiger partial charge in [-0.05, 0) is 32.9 Å². The first-order chi connectivity index (χ1) is 9.26. The van der Waals surface area contributed by atoms with Gasteiger partial charge in [0.2, 0.25) is 11.7 Å². The van der Waals surface area contributed by atoms with Crippen molar-refractivity contribution in [1.29, 1.82) is 0 Å². The van der Waals surface area contributed by atoms with Gasteiger partial charge < -0.3 is 19.5 Å². The predicted molar refractivity (Wildman–Crippen MR) is 69.8 cm³/mol. The molecule has 2 unspecified atom stereocenters. The molecule has 1 aromatic rings. The highest BCUT2D eigenvalue weighted by Gasteiger charge is 2.32. The highest BCUT2D eigenvalue weighted by molar-refractivity contribution is 4.97. The molecule has 3 rings (SSSR count). The maximum atomic E-state index is 5.70. The van der Waals surface area contributed by atoms with Crippen LogP contribution in [0.15, 0.2) is 4.52 Å². The van der Waals surface area contributed by atoms with Gasteiger partial charge in [0, 0.05) is 25.6 Å². The van der Waals surface area contributed by atoms with Crippen LogP contribution < -0.4 is 5.32 Å². The van der Waals surface area contributed by atoms with Crippen LogP contribution in [0.25, 0.3) is 0 Å². The molecule has 2 atom stereocenters. The molecule has 1 aliphatic heterocycles. The third-order valence-corrected chi connectivity index (χ3v) is 4.00. The summed E-state index contributed by atoms with van der Waals surface area (Å²) >= 11 is 0. The number of nitrogens with zero attached hydrogens (tertiary/aromatic N) is 3. The second kappa shape index (κ2) is 5.56. The van der Waals surface area contributed by atoms with Gasteiger partial charge in [-0.2, -0.15) is 4.98 Å². The van der Waals surface area contributed by atoms with Crippen LogP contribution in [0.3, 0.4) is 0 Å². The molecule has 0 spiro atoms. The molecule has 19 heavy (non-hydrogen) atoms. The molecule has 106 valence electrons. The fourth-order valence-electron chi connectivity index (χ4n) is 2.61. The van der Waals surface area contributed by atoms with Gasteiger partial charge in [-0.1, -0.05) is 5.16 Å². The predicted octanol–water partition coefficient (Wildman–Crippen LogP) is 0.613. The van der Waals surface area contributed by atoms with Gasteiger partial charge >= 0.3 is 0 Å². The lowest BCUT2D eigenvalue weighted by atomic mass is 10.1. The van der Waals surface area contributed by atoms with Crippen molar-refractivity contribution in [3.05, 3.63) is 11.7 Å². The molecule has 1 saturated heterocycles. The molecule has 0 amide bonds. The SMILES string of the molecule is CNC(Cc1nc(C2CN(C)CCO2)no1)C1CC1. The van der Waals surface area contributed by atoms with Crippen molar-refractivity contribution in [2.24, 2.45) is 5.92 Å².